The molecule has 2 aromatic rings. The summed E-state index contributed by atoms with van der Waals surface area (Å²) in [5, 5.41) is 3.02. The van der Waals surface area contributed by atoms with Gasteiger partial charge in [0.15, 0.2) is 0 Å². The molecule has 1 N–H and O–H groups in total. The highest BCUT2D eigenvalue weighted by Crippen LogP contribution is 2.23. The molecule has 0 unspecified atom stereocenters. The fourth-order valence-corrected chi connectivity index (χ4v) is 1.97. The van der Waals surface area contributed by atoms with E-state index in [2.05, 4.69) is 21.2 Å². The van der Waals surface area contributed by atoms with Crippen LogP contribution in [0.3, 0.4) is 0 Å². The number of hydrogen-bond donors (Lipinski definition) is 1. The average Bonchev–Trinajstić information content (AvgIpc) is 2.72. The molecule has 0 aliphatic heterocycles. The van der Waals surface area contributed by atoms with Crippen molar-refractivity contribution in [2.75, 3.05) is 7.05 Å². The molecule has 0 fully saturated rings. The van der Waals surface area contributed by atoms with Crippen LogP contribution in [0.5, 0.6) is 5.75 Å². The molecule has 0 amide bonds. The van der Waals surface area contributed by atoms with Gasteiger partial charge in [-0.3, -0.25) is 0 Å². The molecular weight excluding hydrogens is 313 g/mol. The summed E-state index contributed by atoms with van der Waals surface area (Å²) in [5.74, 6) is 1.84. The number of nitrogens with one attached hydrogen (secondary N) is 1. The van der Waals surface area contributed by atoms with Gasteiger partial charge in [0.05, 0.1) is 11.0 Å². The molecule has 102 valence electrons. The van der Waals surface area contributed by atoms with Gasteiger partial charge < -0.3 is 14.5 Å². The molecule has 2 rings (SSSR count). The lowest BCUT2D eigenvalue weighted by atomic mass is 10.2. The summed E-state index contributed by atoms with van der Waals surface area (Å²) in [6, 6.07) is 6.64. The van der Waals surface area contributed by atoms with Gasteiger partial charge in [0.1, 0.15) is 29.7 Å². The molecule has 0 radical (unpaired) electrons. The number of hydrogen-bond acceptors (Lipinski definition) is 3. The van der Waals surface area contributed by atoms with E-state index in [1.807, 2.05) is 20.0 Å². The van der Waals surface area contributed by atoms with E-state index in [-0.39, 0.29) is 5.82 Å². The van der Waals surface area contributed by atoms with E-state index >= 15 is 0 Å². The van der Waals surface area contributed by atoms with E-state index in [9.17, 15) is 4.39 Å². The quantitative estimate of drug-likeness (QED) is 0.907. The molecule has 0 atom stereocenters. The van der Waals surface area contributed by atoms with Gasteiger partial charge >= 0.3 is 0 Å². The molecule has 5 heteroatoms. The maximum atomic E-state index is 13.3. The lowest BCUT2D eigenvalue weighted by Gasteiger charge is -2.05. The maximum absolute atomic E-state index is 13.3. The van der Waals surface area contributed by atoms with Crippen LogP contribution >= 0.6 is 15.9 Å². The fourth-order valence-electron chi connectivity index (χ4n) is 1.72. The Morgan fingerprint density at radius 1 is 1.37 bits per heavy atom. The van der Waals surface area contributed by atoms with Gasteiger partial charge in [0.25, 0.3) is 0 Å². The second kappa shape index (κ2) is 6.21. The minimum Gasteiger partial charge on any atom is -0.489 e. The van der Waals surface area contributed by atoms with E-state index in [0.29, 0.717) is 23.4 Å². The van der Waals surface area contributed by atoms with Crippen LogP contribution in [-0.2, 0) is 13.2 Å². The van der Waals surface area contributed by atoms with Crippen LogP contribution in [0.1, 0.15) is 17.1 Å². The predicted octanol–water partition coefficient (Wildman–Crippen LogP) is 3.79. The zero-order valence-electron chi connectivity index (χ0n) is 10.8. The van der Waals surface area contributed by atoms with Gasteiger partial charge in [-0.2, -0.15) is 0 Å². The summed E-state index contributed by atoms with van der Waals surface area (Å²) in [6.45, 7) is 2.92. The molecule has 0 saturated carbocycles. The third-order valence-corrected chi connectivity index (χ3v) is 3.35. The third-order valence-electron chi connectivity index (χ3n) is 2.71. The number of benzene rings is 1. The van der Waals surface area contributed by atoms with Gasteiger partial charge in [-0.1, -0.05) is 0 Å². The Morgan fingerprint density at radius 2 is 2.16 bits per heavy atom. The van der Waals surface area contributed by atoms with E-state index in [1.54, 1.807) is 12.1 Å². The molecule has 3 nitrogen and oxygen atoms in total. The molecule has 0 aliphatic carbocycles. The molecule has 19 heavy (non-hydrogen) atoms. The van der Waals surface area contributed by atoms with Crippen LogP contribution in [0.25, 0.3) is 0 Å². The molecular formula is C14H15BrFNO2. The van der Waals surface area contributed by atoms with Crippen molar-refractivity contribution in [2.45, 2.75) is 20.1 Å². The van der Waals surface area contributed by atoms with Crippen molar-refractivity contribution < 1.29 is 13.5 Å². The lowest BCUT2D eigenvalue weighted by molar-refractivity contribution is 0.301. The molecule has 1 heterocycles. The first kappa shape index (κ1) is 14.1. The van der Waals surface area contributed by atoms with Crippen molar-refractivity contribution in [1.29, 1.82) is 0 Å². The van der Waals surface area contributed by atoms with E-state index in [0.717, 1.165) is 17.1 Å². The summed E-state index contributed by atoms with van der Waals surface area (Å²) in [5.41, 5.74) is 0.966. The Morgan fingerprint density at radius 3 is 2.84 bits per heavy atom. The zero-order valence-corrected chi connectivity index (χ0v) is 12.4. The van der Waals surface area contributed by atoms with E-state index in [4.69, 9.17) is 9.15 Å². The minimum absolute atomic E-state index is 0.336. The highest BCUT2D eigenvalue weighted by atomic mass is 79.9. The first-order valence-electron chi connectivity index (χ1n) is 5.91. The lowest BCUT2D eigenvalue weighted by Crippen LogP contribution is -2.03. The maximum Gasteiger partial charge on any atom is 0.141 e. The Kier molecular flexibility index (Phi) is 4.61. The van der Waals surface area contributed by atoms with Gasteiger partial charge in [0.2, 0.25) is 0 Å². The molecule has 0 spiro atoms. The Balaban J connectivity index is 2.03. The van der Waals surface area contributed by atoms with E-state index in [1.165, 1.54) is 6.07 Å². The summed E-state index contributed by atoms with van der Waals surface area (Å²) < 4.78 is 24.9. The van der Waals surface area contributed by atoms with Crippen LogP contribution in [0.4, 0.5) is 4.39 Å². The first-order valence-corrected chi connectivity index (χ1v) is 6.70. The smallest absolute Gasteiger partial charge is 0.141 e. The van der Waals surface area contributed by atoms with Crippen molar-refractivity contribution in [1.82, 2.24) is 5.32 Å². The topological polar surface area (TPSA) is 34.4 Å². The van der Waals surface area contributed by atoms with Crippen molar-refractivity contribution in [3.8, 4) is 5.75 Å². The zero-order chi connectivity index (χ0) is 13.8. The second-order valence-corrected chi connectivity index (χ2v) is 5.04. The van der Waals surface area contributed by atoms with Gasteiger partial charge in [-0.05, 0) is 48.1 Å². The third kappa shape index (κ3) is 3.58. The first-order chi connectivity index (χ1) is 9.10. The molecule has 0 saturated heterocycles. The molecule has 0 bridgehead atoms. The van der Waals surface area contributed by atoms with Crippen molar-refractivity contribution >= 4 is 15.9 Å². The van der Waals surface area contributed by atoms with Crippen molar-refractivity contribution in [3.63, 3.8) is 0 Å². The SMILES string of the molecule is CNCc1cc(COc2ccc(Br)c(F)c2)c(C)o1. The minimum atomic E-state index is -0.336. The molecule has 1 aromatic heterocycles. The number of aryl methyl sites for hydroxylation is 1. The number of furan rings is 1. The Bertz CT molecular complexity index is 569. The van der Waals surface area contributed by atoms with Gasteiger partial charge in [-0.15, -0.1) is 0 Å². The van der Waals surface area contributed by atoms with Crippen LogP contribution < -0.4 is 10.1 Å². The van der Waals surface area contributed by atoms with E-state index < -0.39 is 0 Å². The second-order valence-electron chi connectivity index (χ2n) is 4.19. The standard InChI is InChI=1S/C14H15BrFNO2/c1-9-10(5-12(19-9)7-17-2)8-18-11-3-4-13(15)14(16)6-11/h3-6,17H,7-8H2,1-2H3. The monoisotopic (exact) mass is 327 g/mol. The summed E-state index contributed by atoms with van der Waals surface area (Å²) in [6.07, 6.45) is 0. The van der Waals surface area contributed by atoms with Gasteiger partial charge in [0, 0.05) is 11.6 Å². The normalized spacial score (nSPS) is 10.7. The predicted molar refractivity (Wildman–Crippen MR) is 74.6 cm³/mol. The highest BCUT2D eigenvalue weighted by Gasteiger charge is 2.08. The van der Waals surface area contributed by atoms with Crippen molar-refractivity contribution in [3.05, 3.63) is 51.6 Å². The van der Waals surface area contributed by atoms with Crippen molar-refractivity contribution in [2.24, 2.45) is 0 Å². The molecule has 1 aromatic carbocycles. The Labute approximate surface area is 119 Å². The molecule has 0 aliphatic rings. The van der Waals surface area contributed by atoms with Crippen LogP contribution in [0, 0.1) is 12.7 Å². The largest absolute Gasteiger partial charge is 0.489 e. The summed E-state index contributed by atoms with van der Waals surface area (Å²) in [4.78, 5) is 0. The highest BCUT2D eigenvalue weighted by molar-refractivity contribution is 9.10. The number of halogens is 2. The Hall–Kier alpha value is -1.33. The van der Waals surface area contributed by atoms with Crippen LogP contribution in [0.15, 0.2) is 33.2 Å². The van der Waals surface area contributed by atoms with Crippen LogP contribution in [0.2, 0.25) is 0 Å². The number of rotatable bonds is 5. The van der Waals surface area contributed by atoms with Crippen LogP contribution in [-0.4, -0.2) is 7.05 Å². The summed E-state index contributed by atoms with van der Waals surface area (Å²) >= 11 is 3.11. The van der Waals surface area contributed by atoms with Gasteiger partial charge in [-0.25, -0.2) is 4.39 Å². The summed E-state index contributed by atoms with van der Waals surface area (Å²) in [7, 11) is 1.86. The fraction of sp³-hybridized carbons (Fsp3) is 0.286. The number of ether oxygens (including phenoxy) is 1. The average molecular weight is 328 g/mol.